The number of hydrogen-bond donors (Lipinski definition) is 3. The van der Waals surface area contributed by atoms with Gasteiger partial charge in [-0.2, -0.15) is 0 Å². The number of rotatable bonds is 54. The van der Waals surface area contributed by atoms with Crippen LogP contribution in [0.1, 0.15) is 284 Å². The number of carbonyl (C=O) groups is 2. The van der Waals surface area contributed by atoms with Crippen LogP contribution in [0, 0.1) is 0 Å². The van der Waals surface area contributed by atoms with Crippen LogP contribution < -0.4 is 5.32 Å². The zero-order chi connectivity index (χ0) is 48.8. The molecule has 0 radical (unpaired) electrons. The summed E-state index contributed by atoms with van der Waals surface area (Å²) in [5.41, 5.74) is 0. The molecule has 0 saturated carbocycles. The molecule has 0 aliphatic carbocycles. The lowest BCUT2D eigenvalue weighted by Crippen LogP contribution is -2.27. The van der Waals surface area contributed by atoms with E-state index in [1.807, 2.05) is 0 Å². The first-order valence-corrected chi connectivity index (χ1v) is 30.0. The summed E-state index contributed by atoms with van der Waals surface area (Å²) >= 11 is 0. The summed E-state index contributed by atoms with van der Waals surface area (Å²) < 4.78 is 27.1. The van der Waals surface area contributed by atoms with Crippen LogP contribution in [0.5, 0.6) is 0 Å². The smallest absolute Gasteiger partial charge is 0.463 e. The van der Waals surface area contributed by atoms with E-state index in [0.29, 0.717) is 6.42 Å². The zero-order valence-electron chi connectivity index (χ0n) is 43.9. The van der Waals surface area contributed by atoms with Crippen LogP contribution in [0.25, 0.3) is 0 Å². The molecule has 1 amide bonds. The maximum Gasteiger partial charge on any atom is 0.472 e. The van der Waals surface area contributed by atoms with E-state index in [4.69, 9.17) is 13.8 Å². The third-order valence-corrected chi connectivity index (χ3v) is 13.5. The predicted octanol–water partition coefficient (Wildman–Crippen LogP) is 17.2. The second kappa shape index (κ2) is 53.6. The minimum absolute atomic E-state index is 0.0839. The number of ether oxygens (including phenoxy) is 1. The van der Waals surface area contributed by atoms with Crippen molar-refractivity contribution in [3.8, 4) is 0 Å². The van der Waals surface area contributed by atoms with Gasteiger partial charge < -0.3 is 20.1 Å². The van der Waals surface area contributed by atoms with Gasteiger partial charge in [0.25, 0.3) is 0 Å². The largest absolute Gasteiger partial charge is 0.472 e. The zero-order valence-corrected chi connectivity index (χ0v) is 44.8. The second-order valence-electron chi connectivity index (χ2n) is 19.3. The van der Waals surface area contributed by atoms with Crippen LogP contribution in [0.15, 0.2) is 36.5 Å². The molecular formula is C57H108NO8P. The first-order valence-electron chi connectivity index (χ1n) is 28.5. The summed E-state index contributed by atoms with van der Waals surface area (Å²) in [6.45, 7) is 3.58. The van der Waals surface area contributed by atoms with Crippen molar-refractivity contribution in [1.82, 2.24) is 5.32 Å². The van der Waals surface area contributed by atoms with Gasteiger partial charge in [-0.25, -0.2) is 4.57 Å². The highest BCUT2D eigenvalue weighted by molar-refractivity contribution is 7.47. The van der Waals surface area contributed by atoms with Gasteiger partial charge in [0.05, 0.1) is 13.2 Å². The van der Waals surface area contributed by atoms with Gasteiger partial charge in [-0.3, -0.25) is 18.6 Å². The number of aliphatic hydroxyl groups excluding tert-OH is 1. The van der Waals surface area contributed by atoms with Gasteiger partial charge in [0, 0.05) is 19.4 Å². The molecular weight excluding hydrogens is 858 g/mol. The summed E-state index contributed by atoms with van der Waals surface area (Å²) in [6, 6.07) is 0. The molecule has 2 unspecified atom stereocenters. The Balaban J connectivity index is 3.51. The number of nitrogens with one attached hydrogen (secondary N) is 1. The molecule has 0 aliphatic rings. The van der Waals surface area contributed by atoms with Crippen molar-refractivity contribution >= 4 is 19.7 Å². The average molecular weight is 966 g/mol. The van der Waals surface area contributed by atoms with Crippen molar-refractivity contribution in [2.24, 2.45) is 0 Å². The first kappa shape index (κ1) is 65.2. The van der Waals surface area contributed by atoms with Crippen molar-refractivity contribution in [2.45, 2.75) is 290 Å². The highest BCUT2D eigenvalue weighted by Gasteiger charge is 2.23. The van der Waals surface area contributed by atoms with E-state index >= 15 is 0 Å². The maximum atomic E-state index is 12.2. The maximum absolute atomic E-state index is 12.2. The predicted molar refractivity (Wildman–Crippen MR) is 284 cm³/mol. The molecule has 0 spiro atoms. The van der Waals surface area contributed by atoms with Gasteiger partial charge in [0.1, 0.15) is 12.7 Å². The van der Waals surface area contributed by atoms with Gasteiger partial charge in [0.15, 0.2) is 0 Å². The van der Waals surface area contributed by atoms with Gasteiger partial charge >= 0.3 is 13.8 Å². The number of phosphoric acid groups is 1. The standard InChI is InChI=1S/C57H108NO8P/c1-3-5-7-9-11-13-15-17-19-21-23-25-27-29-31-33-35-37-39-41-43-45-47-49-56(60)58-51-52-65-67(62,63)66-54-55(59)53-64-57(61)50-48-46-44-42-40-38-36-34-32-30-28-26-24-22-20-18-16-14-12-10-8-6-4-2/h12,14,17-20,55,59H,3-11,13,15-16,21-54H2,1-2H3,(H,58,60)(H,62,63)/b14-12-,19-17+,20-18-. The fourth-order valence-electron chi connectivity index (χ4n) is 8.23. The number of carbonyl (C=O) groups excluding carboxylic acids is 2. The summed E-state index contributed by atoms with van der Waals surface area (Å²) in [5, 5.41) is 12.8. The Bertz CT molecular complexity index is 1190. The van der Waals surface area contributed by atoms with Gasteiger partial charge in [-0.1, -0.05) is 237 Å². The van der Waals surface area contributed by atoms with E-state index in [9.17, 15) is 24.2 Å². The average Bonchev–Trinajstić information content (AvgIpc) is 3.32. The molecule has 10 heteroatoms. The van der Waals surface area contributed by atoms with Crippen molar-refractivity contribution in [3.05, 3.63) is 36.5 Å². The van der Waals surface area contributed by atoms with Crippen LogP contribution in [0.4, 0.5) is 0 Å². The van der Waals surface area contributed by atoms with Crippen molar-refractivity contribution in [2.75, 3.05) is 26.4 Å². The van der Waals surface area contributed by atoms with Gasteiger partial charge in [-0.05, 0) is 70.6 Å². The molecule has 0 heterocycles. The van der Waals surface area contributed by atoms with Crippen LogP contribution >= 0.6 is 7.82 Å². The van der Waals surface area contributed by atoms with E-state index in [0.717, 1.165) is 44.9 Å². The van der Waals surface area contributed by atoms with E-state index in [1.54, 1.807) is 0 Å². The molecule has 0 aromatic carbocycles. The number of esters is 1. The third-order valence-electron chi connectivity index (χ3n) is 12.5. The second-order valence-corrected chi connectivity index (χ2v) is 20.7. The molecule has 0 fully saturated rings. The lowest BCUT2D eigenvalue weighted by atomic mass is 10.0. The minimum atomic E-state index is -4.42. The number of hydrogen-bond acceptors (Lipinski definition) is 7. The monoisotopic (exact) mass is 966 g/mol. The number of amides is 1. The summed E-state index contributed by atoms with van der Waals surface area (Å²) in [4.78, 5) is 34.2. The highest BCUT2D eigenvalue weighted by Crippen LogP contribution is 2.42. The first-order chi connectivity index (χ1) is 32.8. The molecule has 0 bridgehead atoms. The molecule has 394 valence electrons. The molecule has 0 aliphatic heterocycles. The summed E-state index contributed by atoms with van der Waals surface area (Å²) in [7, 11) is -4.42. The van der Waals surface area contributed by atoms with Gasteiger partial charge in [-0.15, -0.1) is 0 Å². The normalized spacial score (nSPS) is 13.3. The Labute approximate surface area is 413 Å². The number of allylic oxidation sites excluding steroid dienone is 6. The number of aliphatic hydroxyl groups is 1. The Morgan fingerprint density at radius 2 is 0.806 bits per heavy atom. The molecule has 0 aromatic rings. The van der Waals surface area contributed by atoms with Crippen LogP contribution in [0.2, 0.25) is 0 Å². The van der Waals surface area contributed by atoms with E-state index in [1.165, 1.54) is 212 Å². The minimum Gasteiger partial charge on any atom is -0.463 e. The summed E-state index contributed by atoms with van der Waals surface area (Å²) in [5.74, 6) is -0.506. The van der Waals surface area contributed by atoms with E-state index in [-0.39, 0.29) is 32.1 Å². The molecule has 0 rings (SSSR count). The lowest BCUT2D eigenvalue weighted by Gasteiger charge is -2.15. The van der Waals surface area contributed by atoms with Gasteiger partial charge in [0.2, 0.25) is 5.91 Å². The summed E-state index contributed by atoms with van der Waals surface area (Å²) in [6.07, 6.45) is 63.8. The molecule has 3 N–H and O–H groups in total. The highest BCUT2D eigenvalue weighted by atomic mass is 31.2. The quantitative estimate of drug-likeness (QED) is 0.0238. The van der Waals surface area contributed by atoms with Crippen LogP contribution in [-0.4, -0.2) is 54.3 Å². The van der Waals surface area contributed by atoms with E-state index in [2.05, 4.69) is 55.6 Å². The Hall–Kier alpha value is -1.77. The van der Waals surface area contributed by atoms with Crippen molar-refractivity contribution in [3.63, 3.8) is 0 Å². The Morgan fingerprint density at radius 3 is 1.24 bits per heavy atom. The Kier molecular flexibility index (Phi) is 52.2. The molecule has 0 aromatic heterocycles. The molecule has 9 nitrogen and oxygen atoms in total. The topological polar surface area (TPSA) is 131 Å². The molecule has 2 atom stereocenters. The third kappa shape index (κ3) is 55.0. The van der Waals surface area contributed by atoms with E-state index < -0.39 is 26.5 Å². The molecule has 67 heavy (non-hydrogen) atoms. The Morgan fingerprint density at radius 1 is 0.463 bits per heavy atom. The molecule has 0 saturated heterocycles. The van der Waals surface area contributed by atoms with Crippen LogP contribution in [-0.2, 0) is 27.9 Å². The van der Waals surface area contributed by atoms with Crippen LogP contribution in [0.3, 0.4) is 0 Å². The van der Waals surface area contributed by atoms with Crippen molar-refractivity contribution in [1.29, 1.82) is 0 Å². The fourth-order valence-corrected chi connectivity index (χ4v) is 8.99. The van der Waals surface area contributed by atoms with Crippen molar-refractivity contribution < 1.29 is 37.9 Å². The lowest BCUT2D eigenvalue weighted by molar-refractivity contribution is -0.147. The number of phosphoric ester groups is 1. The SMILES string of the molecule is CCCCC/C=C\C/C=C\CCCCCCCCCCCCCCCC(=O)OCC(O)COP(=O)(O)OCCNC(=O)CCCCCCCCCCCCCCC/C=C/CCCCCCCC. The fraction of sp³-hybridized carbons (Fsp3) is 0.860. The number of unbranched alkanes of at least 4 members (excludes halogenated alkanes) is 35.